The molecule has 0 amide bonds. The summed E-state index contributed by atoms with van der Waals surface area (Å²) < 4.78 is 44.9. The largest absolute Gasteiger partial charge is 0.336 e. The van der Waals surface area contributed by atoms with Gasteiger partial charge in [-0.1, -0.05) is 128 Å². The highest BCUT2D eigenvalue weighted by molar-refractivity contribution is 7.54. The lowest BCUT2D eigenvalue weighted by atomic mass is 9.60. The lowest BCUT2D eigenvalue weighted by Crippen LogP contribution is -2.49. The second kappa shape index (κ2) is 18.8. The van der Waals surface area contributed by atoms with Gasteiger partial charge in [-0.25, -0.2) is 0 Å². The minimum Gasteiger partial charge on any atom is -0.324 e. The summed E-state index contributed by atoms with van der Waals surface area (Å²) in [7, 11) is -14.9. The molecule has 0 aromatic heterocycles. The van der Waals surface area contributed by atoms with Crippen molar-refractivity contribution >= 4 is 33.6 Å². The summed E-state index contributed by atoms with van der Waals surface area (Å²) in [6.45, 7) is 0. The summed E-state index contributed by atoms with van der Waals surface area (Å²) in [5.41, 5.74) is 1.57. The Morgan fingerprint density at radius 1 is 0.328 bits per heavy atom. The average molecular weight is 903 g/mol. The fourth-order valence-corrected chi connectivity index (χ4v) is 21.6. The first-order valence-electron chi connectivity index (χ1n) is 24.9. The van der Waals surface area contributed by atoms with E-state index in [1.165, 1.54) is 0 Å². The molecule has 0 bridgehead atoms. The molecule has 9 nitrogen and oxygen atoms in total. The van der Waals surface area contributed by atoms with Crippen molar-refractivity contribution in [3.63, 3.8) is 0 Å². The standard InChI is InChI=1S/C49H77O9P3/c50-59(51,52)47(38-19-7-1-8-20-38,39-21-9-2-10-22-39)44-32-31-36-34-45(48(60(53,54)55,40-23-11-3-12-24-40)41-25-13-4-14-26-41)46(35-37(36)33-44)49(61(56,57)58,42-27-15-5-16-28-42)43-29-17-6-18-30-43/h31-35,38-43H,1-30H2,(H2,50,51,52)(H2,53,54,55)(H2,56,57,58). The van der Waals surface area contributed by atoms with Gasteiger partial charge in [-0.3, -0.25) is 13.7 Å². The maximum Gasteiger partial charge on any atom is 0.336 e. The molecule has 2 aromatic rings. The Morgan fingerprint density at radius 2 is 0.574 bits per heavy atom. The highest BCUT2D eigenvalue weighted by Crippen LogP contribution is 2.76. The smallest absolute Gasteiger partial charge is 0.324 e. The van der Waals surface area contributed by atoms with Crippen molar-refractivity contribution in [2.24, 2.45) is 35.5 Å². The first kappa shape index (κ1) is 46.7. The molecule has 6 N–H and O–H groups in total. The Balaban J connectivity index is 1.50. The van der Waals surface area contributed by atoms with E-state index in [2.05, 4.69) is 0 Å². The van der Waals surface area contributed by atoms with Crippen molar-refractivity contribution in [2.45, 2.75) is 208 Å². The van der Waals surface area contributed by atoms with Crippen molar-refractivity contribution in [3.8, 4) is 0 Å². The van der Waals surface area contributed by atoms with Crippen molar-refractivity contribution in [1.29, 1.82) is 0 Å². The van der Waals surface area contributed by atoms with Crippen LogP contribution in [0.3, 0.4) is 0 Å². The third-order valence-electron chi connectivity index (χ3n) is 18.1. The number of benzene rings is 2. The summed E-state index contributed by atoms with van der Waals surface area (Å²) >= 11 is 0. The molecule has 0 saturated heterocycles. The molecule has 8 rings (SSSR count). The van der Waals surface area contributed by atoms with Crippen LogP contribution in [0.15, 0.2) is 30.3 Å². The van der Waals surface area contributed by atoms with Crippen LogP contribution >= 0.6 is 22.8 Å². The quantitative estimate of drug-likeness (QED) is 0.113. The van der Waals surface area contributed by atoms with Crippen LogP contribution in [0.4, 0.5) is 0 Å². The molecule has 0 aliphatic heterocycles. The maximum absolute atomic E-state index is 15.2. The zero-order valence-corrected chi connectivity index (χ0v) is 39.5. The first-order chi connectivity index (χ1) is 29.2. The van der Waals surface area contributed by atoms with E-state index >= 15 is 9.13 Å². The van der Waals surface area contributed by atoms with Crippen LogP contribution in [0.2, 0.25) is 0 Å². The maximum atomic E-state index is 15.2. The van der Waals surface area contributed by atoms with Crippen LogP contribution < -0.4 is 0 Å². The Hall–Kier alpha value is -0.850. The van der Waals surface area contributed by atoms with Crippen LogP contribution in [-0.4, -0.2) is 29.4 Å². The molecular weight excluding hydrogens is 825 g/mol. The van der Waals surface area contributed by atoms with Gasteiger partial charge in [0.05, 0.1) is 0 Å². The van der Waals surface area contributed by atoms with Crippen LogP contribution in [0, 0.1) is 35.5 Å². The molecule has 342 valence electrons. The van der Waals surface area contributed by atoms with Crippen LogP contribution in [0.5, 0.6) is 0 Å². The molecule has 6 fully saturated rings. The molecule has 0 radical (unpaired) electrons. The van der Waals surface area contributed by atoms with E-state index in [0.29, 0.717) is 73.4 Å². The molecule has 0 spiro atoms. The number of fused-ring (bicyclic) bond motifs is 1. The number of rotatable bonds is 12. The van der Waals surface area contributed by atoms with Gasteiger partial charge in [0.25, 0.3) is 0 Å². The number of hydrogen-bond donors (Lipinski definition) is 6. The molecule has 6 aliphatic carbocycles. The van der Waals surface area contributed by atoms with Crippen molar-refractivity contribution < 1.29 is 43.1 Å². The molecule has 6 saturated carbocycles. The van der Waals surface area contributed by atoms with E-state index in [1.54, 1.807) is 0 Å². The number of hydrogen-bond acceptors (Lipinski definition) is 3. The third kappa shape index (κ3) is 8.24. The molecule has 6 aliphatic rings. The minimum absolute atomic E-state index is 0.194. The Bertz CT molecular complexity index is 1890. The average Bonchev–Trinajstić information content (AvgIpc) is 3.25. The van der Waals surface area contributed by atoms with Crippen molar-refractivity contribution in [2.75, 3.05) is 0 Å². The molecule has 0 atom stereocenters. The molecule has 0 unspecified atom stereocenters. The van der Waals surface area contributed by atoms with Crippen LogP contribution in [-0.2, 0) is 29.2 Å². The van der Waals surface area contributed by atoms with E-state index in [9.17, 15) is 33.9 Å². The van der Waals surface area contributed by atoms with E-state index in [4.69, 9.17) is 0 Å². The van der Waals surface area contributed by atoms with Gasteiger partial charge >= 0.3 is 22.8 Å². The van der Waals surface area contributed by atoms with Gasteiger partial charge in [-0.2, -0.15) is 0 Å². The second-order valence-corrected chi connectivity index (χ2v) is 26.6. The van der Waals surface area contributed by atoms with Crippen LogP contribution in [0.25, 0.3) is 10.8 Å². The predicted molar refractivity (Wildman–Crippen MR) is 245 cm³/mol. The van der Waals surface area contributed by atoms with E-state index in [-0.39, 0.29) is 35.5 Å². The van der Waals surface area contributed by atoms with E-state index < -0.39 is 38.3 Å². The Labute approximate surface area is 365 Å². The van der Waals surface area contributed by atoms with Crippen molar-refractivity contribution in [3.05, 3.63) is 47.0 Å². The topological polar surface area (TPSA) is 173 Å². The monoisotopic (exact) mass is 902 g/mol. The lowest BCUT2D eigenvalue weighted by Gasteiger charge is -2.55. The molecule has 12 heteroatoms. The Morgan fingerprint density at radius 3 is 0.836 bits per heavy atom. The van der Waals surface area contributed by atoms with Gasteiger partial charge in [0, 0.05) is 0 Å². The zero-order valence-electron chi connectivity index (χ0n) is 36.8. The summed E-state index contributed by atoms with van der Waals surface area (Å²) in [4.78, 5) is 73.2. The highest BCUT2D eigenvalue weighted by atomic mass is 31.2. The summed E-state index contributed by atoms with van der Waals surface area (Å²) in [5, 5.41) is -3.24. The van der Waals surface area contributed by atoms with Gasteiger partial charge in [0.2, 0.25) is 0 Å². The molecular formula is C49H77O9P3. The lowest BCUT2D eigenvalue weighted by molar-refractivity contribution is 0.118. The summed E-state index contributed by atoms with van der Waals surface area (Å²) in [6.07, 6.45) is 25.0. The van der Waals surface area contributed by atoms with Gasteiger partial charge in [-0.15, -0.1) is 0 Å². The second-order valence-electron chi connectivity index (χ2n) is 21.1. The molecule has 61 heavy (non-hydrogen) atoms. The van der Waals surface area contributed by atoms with Crippen molar-refractivity contribution in [1.82, 2.24) is 0 Å². The van der Waals surface area contributed by atoms with Gasteiger partial charge < -0.3 is 29.4 Å². The Kier molecular flexibility index (Phi) is 14.4. The molecule has 2 aromatic carbocycles. The van der Waals surface area contributed by atoms with Gasteiger partial charge in [0.15, 0.2) is 0 Å². The fraction of sp³-hybridized carbons (Fsp3) is 0.796. The SMILES string of the molecule is O=P(O)(O)C(c1ccc2cc(C(C3CCCCC3)(C3CCCCC3)P(=O)(O)O)c(C(C3CCCCC3)(C3CCCCC3)P(=O)(O)O)cc2c1)(C1CCCCC1)C1CCCCC1. The zero-order chi connectivity index (χ0) is 43.1. The fourth-order valence-electron chi connectivity index (χ4n) is 15.7. The summed E-state index contributed by atoms with van der Waals surface area (Å²) in [5.74, 6) is -1.80. The summed E-state index contributed by atoms with van der Waals surface area (Å²) in [6, 6.07) is 9.76. The van der Waals surface area contributed by atoms with Gasteiger partial charge in [0.1, 0.15) is 15.5 Å². The van der Waals surface area contributed by atoms with E-state index in [0.717, 1.165) is 147 Å². The van der Waals surface area contributed by atoms with E-state index in [1.807, 2.05) is 30.3 Å². The minimum atomic E-state index is -5.07. The highest BCUT2D eigenvalue weighted by Gasteiger charge is 2.65. The van der Waals surface area contributed by atoms with Crippen LogP contribution in [0.1, 0.15) is 209 Å². The predicted octanol–water partition coefficient (Wildman–Crippen LogP) is 13.4. The third-order valence-corrected chi connectivity index (χ3v) is 23.9. The first-order valence-corrected chi connectivity index (χ1v) is 29.8. The molecule has 0 heterocycles. The van der Waals surface area contributed by atoms with Gasteiger partial charge in [-0.05, 0) is 158 Å². The normalized spacial score (nSPS) is 24.4.